The normalized spacial score (nSPS) is 12.6. The summed E-state index contributed by atoms with van der Waals surface area (Å²) in [7, 11) is 0. The summed E-state index contributed by atoms with van der Waals surface area (Å²) in [5, 5.41) is 8.98. The van der Waals surface area contributed by atoms with E-state index in [1.165, 1.54) is 19.3 Å². The van der Waals surface area contributed by atoms with Crippen molar-refractivity contribution in [3.05, 3.63) is 29.1 Å². The number of unbranched alkanes of at least 4 members (excludes halogenated alkanes) is 8. The standard InChI is InChI=1S/C42H73N3O9/c1-39(2,3)51-35(47)28-44(29-36(48)52-40(4,5)6)26-33-24-32(22-20-18-16-14-13-15-17-19-21-23-46)25-34(43-33)27-45(30-37(49)53-41(7,8)9)31-38(50)54-42(10,11)12/h24-25,46H,13-23,26-31H2,1-12H3. The van der Waals surface area contributed by atoms with Gasteiger partial charge in [-0.05, 0) is 120 Å². The molecule has 0 unspecified atom stereocenters. The predicted octanol–water partition coefficient (Wildman–Crippen LogP) is 7.10. The van der Waals surface area contributed by atoms with Crippen LogP contribution < -0.4 is 0 Å². The SMILES string of the molecule is CC(C)(C)OC(=O)CN(CC(=O)OC(C)(C)C)Cc1cc(CCCCCCCCCCCO)cc(CN(CC(=O)OC(C)(C)C)CC(=O)OC(C)(C)C)n1. The fourth-order valence-corrected chi connectivity index (χ4v) is 5.72. The lowest BCUT2D eigenvalue weighted by Crippen LogP contribution is -2.40. The van der Waals surface area contributed by atoms with Crippen LogP contribution >= 0.6 is 0 Å². The minimum atomic E-state index is -0.703. The summed E-state index contributed by atoms with van der Waals surface area (Å²) >= 11 is 0. The summed E-state index contributed by atoms with van der Waals surface area (Å²) < 4.78 is 22.4. The topological polar surface area (TPSA) is 145 Å². The van der Waals surface area contributed by atoms with E-state index in [0.29, 0.717) is 11.4 Å². The maximum absolute atomic E-state index is 13.0. The van der Waals surface area contributed by atoms with Gasteiger partial charge in [0.25, 0.3) is 0 Å². The second-order valence-electron chi connectivity index (χ2n) is 18.2. The average Bonchev–Trinajstić information content (AvgIpc) is 2.93. The van der Waals surface area contributed by atoms with Crippen molar-refractivity contribution >= 4 is 23.9 Å². The van der Waals surface area contributed by atoms with Crippen LogP contribution in [-0.2, 0) is 57.6 Å². The van der Waals surface area contributed by atoms with Gasteiger partial charge in [0, 0.05) is 19.7 Å². The second-order valence-corrected chi connectivity index (χ2v) is 18.2. The first-order valence-corrected chi connectivity index (χ1v) is 19.7. The lowest BCUT2D eigenvalue weighted by atomic mass is 10.0. The summed E-state index contributed by atoms with van der Waals surface area (Å²) in [5.41, 5.74) is -0.517. The first-order chi connectivity index (χ1) is 24.8. The Bertz CT molecular complexity index is 1160. The van der Waals surface area contributed by atoms with Crippen LogP contribution in [0.25, 0.3) is 0 Å². The molecule has 0 saturated heterocycles. The zero-order chi connectivity index (χ0) is 41.2. The minimum absolute atomic E-state index is 0.152. The molecule has 1 rings (SSSR count). The molecule has 12 nitrogen and oxygen atoms in total. The lowest BCUT2D eigenvalue weighted by Gasteiger charge is -2.27. The van der Waals surface area contributed by atoms with Gasteiger partial charge < -0.3 is 24.1 Å². The Morgan fingerprint density at radius 1 is 0.500 bits per heavy atom. The highest BCUT2D eigenvalue weighted by Crippen LogP contribution is 2.18. The molecule has 310 valence electrons. The van der Waals surface area contributed by atoms with E-state index in [-0.39, 0.29) is 45.9 Å². The van der Waals surface area contributed by atoms with E-state index in [2.05, 4.69) is 0 Å². The predicted molar refractivity (Wildman–Crippen MR) is 211 cm³/mol. The molecule has 0 saturated carbocycles. The van der Waals surface area contributed by atoms with Gasteiger partial charge in [-0.1, -0.05) is 44.9 Å². The molecule has 0 fully saturated rings. The molecule has 1 aromatic heterocycles. The van der Waals surface area contributed by atoms with Gasteiger partial charge in [0.1, 0.15) is 22.4 Å². The Hall–Kier alpha value is -3.09. The number of aryl methyl sites for hydroxylation is 1. The smallest absolute Gasteiger partial charge is 0.320 e. The van der Waals surface area contributed by atoms with Crippen molar-refractivity contribution in [2.45, 2.75) is 183 Å². The lowest BCUT2D eigenvalue weighted by molar-refractivity contribution is -0.162. The number of aliphatic hydroxyl groups is 1. The quantitative estimate of drug-likeness (QED) is 0.0690. The number of aromatic nitrogens is 1. The van der Waals surface area contributed by atoms with Crippen LogP contribution in [0.2, 0.25) is 0 Å². The molecule has 54 heavy (non-hydrogen) atoms. The van der Waals surface area contributed by atoms with E-state index in [1.54, 1.807) is 92.9 Å². The summed E-state index contributed by atoms with van der Waals surface area (Å²) in [6.07, 6.45) is 10.6. The highest BCUT2D eigenvalue weighted by molar-refractivity contribution is 5.76. The number of hydrogen-bond donors (Lipinski definition) is 1. The number of rotatable bonds is 23. The number of esters is 4. The number of nitrogens with zero attached hydrogens (tertiary/aromatic N) is 3. The first-order valence-electron chi connectivity index (χ1n) is 19.7. The van der Waals surface area contributed by atoms with Crippen LogP contribution in [0.4, 0.5) is 0 Å². The van der Waals surface area contributed by atoms with Crippen molar-refractivity contribution in [1.29, 1.82) is 0 Å². The Morgan fingerprint density at radius 3 is 1.06 bits per heavy atom. The summed E-state index contributed by atoms with van der Waals surface area (Å²) in [6.45, 7) is 21.5. The second kappa shape index (κ2) is 23.1. The number of pyridine rings is 1. The molecule has 0 aliphatic rings. The van der Waals surface area contributed by atoms with Crippen LogP contribution in [0.5, 0.6) is 0 Å². The number of hydrogen-bond acceptors (Lipinski definition) is 12. The Morgan fingerprint density at radius 2 is 0.778 bits per heavy atom. The molecule has 0 aliphatic heterocycles. The third-order valence-electron chi connectivity index (χ3n) is 7.48. The molecule has 0 atom stereocenters. The maximum atomic E-state index is 13.0. The molecular formula is C42H73N3O9. The third kappa shape index (κ3) is 26.6. The molecule has 1 heterocycles. The van der Waals surface area contributed by atoms with Crippen molar-refractivity contribution < 1.29 is 43.2 Å². The van der Waals surface area contributed by atoms with Gasteiger partial charge in [-0.25, -0.2) is 0 Å². The van der Waals surface area contributed by atoms with Crippen molar-refractivity contribution in [3.63, 3.8) is 0 Å². The molecule has 0 bridgehead atoms. The zero-order valence-corrected chi connectivity index (χ0v) is 35.7. The van der Waals surface area contributed by atoms with E-state index >= 15 is 0 Å². The third-order valence-corrected chi connectivity index (χ3v) is 7.48. The molecule has 12 heteroatoms. The van der Waals surface area contributed by atoms with Crippen LogP contribution in [-0.4, -0.2) is 99.0 Å². The molecule has 0 aromatic carbocycles. The minimum Gasteiger partial charge on any atom is -0.459 e. The van der Waals surface area contributed by atoms with Crippen molar-refractivity contribution in [2.75, 3.05) is 32.8 Å². The van der Waals surface area contributed by atoms with E-state index in [4.69, 9.17) is 29.0 Å². The van der Waals surface area contributed by atoms with E-state index < -0.39 is 46.3 Å². The molecule has 0 radical (unpaired) electrons. The van der Waals surface area contributed by atoms with Crippen LogP contribution in [0.1, 0.15) is 158 Å². The van der Waals surface area contributed by atoms with Gasteiger partial charge in [-0.2, -0.15) is 0 Å². The Kier molecular flexibility index (Phi) is 20.9. The van der Waals surface area contributed by atoms with Crippen molar-refractivity contribution in [3.8, 4) is 0 Å². The average molecular weight is 764 g/mol. The summed E-state index contributed by atoms with van der Waals surface area (Å²) in [6, 6.07) is 3.99. The number of carbonyl (C=O) groups is 4. The highest BCUT2D eigenvalue weighted by atomic mass is 16.6. The molecule has 0 spiro atoms. The Labute approximate surface area is 326 Å². The molecule has 0 aliphatic carbocycles. The number of aliphatic hydroxyl groups excluding tert-OH is 1. The summed E-state index contributed by atoms with van der Waals surface area (Å²) in [5.74, 6) is -1.90. The van der Waals surface area contributed by atoms with Gasteiger partial charge in [0.05, 0.1) is 37.6 Å². The Balaban J connectivity index is 3.40. The van der Waals surface area contributed by atoms with Crippen LogP contribution in [0.15, 0.2) is 12.1 Å². The van der Waals surface area contributed by atoms with E-state index in [0.717, 1.165) is 50.5 Å². The highest BCUT2D eigenvalue weighted by Gasteiger charge is 2.26. The van der Waals surface area contributed by atoms with Crippen molar-refractivity contribution in [1.82, 2.24) is 14.8 Å². The number of carbonyl (C=O) groups excluding carboxylic acids is 4. The molecular weight excluding hydrogens is 690 g/mol. The number of ether oxygens (including phenoxy) is 4. The molecule has 1 aromatic rings. The van der Waals surface area contributed by atoms with Crippen molar-refractivity contribution in [2.24, 2.45) is 0 Å². The van der Waals surface area contributed by atoms with E-state index in [9.17, 15) is 19.2 Å². The first kappa shape index (κ1) is 48.9. The van der Waals surface area contributed by atoms with Crippen LogP contribution in [0.3, 0.4) is 0 Å². The molecule has 0 amide bonds. The fraction of sp³-hybridized carbons (Fsp3) is 0.786. The van der Waals surface area contributed by atoms with Crippen LogP contribution in [0, 0.1) is 0 Å². The van der Waals surface area contributed by atoms with Gasteiger partial charge in [0.15, 0.2) is 0 Å². The molecule has 1 N–H and O–H groups in total. The summed E-state index contributed by atoms with van der Waals surface area (Å²) in [4.78, 5) is 60.2. The van der Waals surface area contributed by atoms with Gasteiger partial charge in [-0.15, -0.1) is 0 Å². The van der Waals surface area contributed by atoms with Gasteiger partial charge in [0.2, 0.25) is 0 Å². The van der Waals surface area contributed by atoms with Gasteiger partial charge in [-0.3, -0.25) is 34.0 Å². The maximum Gasteiger partial charge on any atom is 0.320 e. The fourth-order valence-electron chi connectivity index (χ4n) is 5.72. The van der Waals surface area contributed by atoms with E-state index in [1.807, 2.05) is 12.1 Å². The zero-order valence-electron chi connectivity index (χ0n) is 35.7. The monoisotopic (exact) mass is 764 g/mol. The van der Waals surface area contributed by atoms with Gasteiger partial charge >= 0.3 is 23.9 Å². The largest absolute Gasteiger partial charge is 0.459 e.